The number of likely N-dealkylation sites (N-methyl/N-ethyl adjacent to an activating group) is 3. The van der Waals surface area contributed by atoms with Crippen molar-refractivity contribution < 1.29 is 57.5 Å². The molecule has 0 saturated carbocycles. The summed E-state index contributed by atoms with van der Waals surface area (Å²) in [5.41, 5.74) is 13.4. The van der Waals surface area contributed by atoms with Crippen LogP contribution in [0.1, 0.15) is 253 Å². The molecule has 3 saturated heterocycles. The Kier molecular flexibility index (Phi) is 32.5. The van der Waals surface area contributed by atoms with Gasteiger partial charge < -0.3 is 83.8 Å². The quantitative estimate of drug-likeness (QED) is 0.0214. The minimum Gasteiger partial charge on any atom is -0.385 e. The van der Waals surface area contributed by atoms with E-state index in [9.17, 15) is 47.9 Å². The number of hydrogen-bond donors (Lipinski definition) is 14. The van der Waals surface area contributed by atoms with Crippen molar-refractivity contribution in [3.63, 3.8) is 0 Å². The van der Waals surface area contributed by atoms with Crippen LogP contribution in [0.4, 0.5) is 0 Å². The number of nitrogens with one attached hydrogen (secondary N) is 14. The van der Waals surface area contributed by atoms with Gasteiger partial charge in [-0.25, -0.2) is 14.9 Å². The highest BCUT2D eigenvalue weighted by atomic mass is 16.2. The van der Waals surface area contributed by atoms with Crippen molar-refractivity contribution in [3.8, 4) is 0 Å². The van der Waals surface area contributed by atoms with Crippen molar-refractivity contribution in [3.05, 3.63) is 177 Å². The van der Waals surface area contributed by atoms with Crippen LogP contribution in [-0.4, -0.2) is 236 Å². The Balaban J connectivity index is 0.752. The van der Waals surface area contributed by atoms with Gasteiger partial charge in [-0.15, -0.1) is 10.2 Å². The molecule has 132 heavy (non-hydrogen) atoms. The summed E-state index contributed by atoms with van der Waals surface area (Å²) in [6, 6.07) is 17.9. The van der Waals surface area contributed by atoms with Crippen LogP contribution in [0.3, 0.4) is 0 Å². The zero-order valence-corrected chi connectivity index (χ0v) is 78.8. The number of carbonyl (C=O) groups is 12. The molecule has 36 nitrogen and oxygen atoms in total. The molecule has 15 atom stereocenters. The van der Waals surface area contributed by atoms with E-state index in [2.05, 4.69) is 113 Å². The molecule has 0 spiro atoms. The second-order valence-electron chi connectivity index (χ2n) is 39.3. The van der Waals surface area contributed by atoms with Crippen LogP contribution < -0.4 is 69.1 Å². The zero-order valence-electron chi connectivity index (χ0n) is 78.8. The van der Waals surface area contributed by atoms with Gasteiger partial charge in [-0.05, 0) is 174 Å². The second kappa shape index (κ2) is 43.5. The average Bonchev–Trinajstić information content (AvgIpc) is 1.62. The normalized spacial score (nSPS) is 21.6. The number of nitrogens with zero attached hydrogens (tertiary/aromatic N) is 10. The summed E-state index contributed by atoms with van der Waals surface area (Å²) in [4.78, 5) is 178. The highest BCUT2D eigenvalue weighted by Gasteiger charge is 2.51. The molecule has 36 heteroatoms. The average molecular weight is 1820 g/mol. The summed E-state index contributed by atoms with van der Waals surface area (Å²) in [5, 5.41) is 61.1. The molecule has 2 aromatic heterocycles. The Labute approximate surface area is 772 Å². The zero-order chi connectivity index (χ0) is 95.2. The third-order valence-electron chi connectivity index (χ3n) is 26.6. The summed E-state index contributed by atoms with van der Waals surface area (Å²) < 4.78 is 3.22. The largest absolute Gasteiger partial charge is 0.385 e. The summed E-state index contributed by atoms with van der Waals surface area (Å²) in [6.07, 6.45) is 13.1. The minimum atomic E-state index is -1.01. The lowest BCUT2D eigenvalue weighted by molar-refractivity contribution is -0.144. The molecule has 12 rings (SSSR count). The number of aryl methyl sites for hydroxylation is 3. The van der Waals surface area contributed by atoms with Crippen molar-refractivity contribution in [1.29, 1.82) is 5.53 Å². The molecule has 14 N–H and O–H groups in total. The molecule has 710 valence electrons. The predicted octanol–water partition coefficient (Wildman–Crippen LogP) is 5.65. The minimum absolute atomic E-state index is 0.000808. The number of likely N-dealkylation sites (tertiary alicyclic amines) is 3. The molecule has 0 radical (unpaired) electrons. The summed E-state index contributed by atoms with van der Waals surface area (Å²) >= 11 is 0. The van der Waals surface area contributed by atoms with Gasteiger partial charge in [-0.3, -0.25) is 57.5 Å². The van der Waals surface area contributed by atoms with Crippen LogP contribution in [0, 0.1) is 21.8 Å². The van der Waals surface area contributed by atoms with Crippen molar-refractivity contribution >= 4 is 70.9 Å². The van der Waals surface area contributed by atoms with E-state index in [0.717, 1.165) is 71.9 Å². The smallest absolute Gasteiger partial charge is 0.251 e. The molecule has 0 bridgehead atoms. The standard InChI is InChI=1S/C96H134N24O12/c1-55(98-13)82(121)108-79(94(4,5)6)91(130)116-50-67(46-76(116)88(127)105-73-34-22-28-58-25-16-19-31-70(58)73)104-49-64(111-97)37-40-101-85(124)61-43-62(86(125)102-41-38-65-51-119(114-112-65)68-47-77(89(128)106-74-35-23-29-59-26-17-20-32-71(59)74)117(53-68)92(131)80(95(7,8)9)109-83(122)56(2)99-14)45-63(44-61)87(126)103-42-39-66-52-120(115-113-66)69-48-78(90(129)107-75-36-24-30-60-27-18-21-33-72(60)75)118(54-69)93(132)81(96(10,11)12)110-84(123)57(3)100-15/h16-21,25-27,31-33,43-45,49,51-52,55-57,67-69,73-81,97-100,104H,22-24,28-30,34-42,46-48,50,53-54H2,1-15H3,(H,101,124)(H,102,125)(H,103,126)(H,105,127)(H,106,128)(H,107,129)(H,108,121)(H,109,122)(H,110,123)/b64-49-,111-97?/t55-,56-,57-,67-,68-,69-,73+,74+,75+,76-,77-,78-,79+,80+,81+/m0/s1. The van der Waals surface area contributed by atoms with E-state index in [0.29, 0.717) is 30.7 Å². The van der Waals surface area contributed by atoms with Crippen LogP contribution in [0.25, 0.3) is 0 Å². The Hall–Kier alpha value is -12.2. The predicted molar refractivity (Wildman–Crippen MR) is 495 cm³/mol. The molecule has 0 unspecified atom stereocenters. The van der Waals surface area contributed by atoms with Gasteiger partial charge >= 0.3 is 0 Å². The molecule has 5 heterocycles. The first-order valence-corrected chi connectivity index (χ1v) is 46.5. The van der Waals surface area contributed by atoms with Crippen LogP contribution in [-0.2, 0) is 75.3 Å². The lowest BCUT2D eigenvalue weighted by Gasteiger charge is -2.36. The molecular weight excluding hydrogens is 1680 g/mol. The Morgan fingerprint density at radius 1 is 0.455 bits per heavy atom. The molecule has 3 aliphatic heterocycles. The lowest BCUT2D eigenvalue weighted by atomic mass is 9.85. The van der Waals surface area contributed by atoms with Crippen molar-refractivity contribution in [2.45, 2.75) is 270 Å². The fourth-order valence-corrected chi connectivity index (χ4v) is 18.4. The molecule has 6 aliphatic rings. The van der Waals surface area contributed by atoms with Gasteiger partial charge in [0.1, 0.15) is 36.3 Å². The fourth-order valence-electron chi connectivity index (χ4n) is 18.4. The van der Waals surface area contributed by atoms with Crippen molar-refractivity contribution in [1.82, 2.24) is 114 Å². The second-order valence-corrected chi connectivity index (χ2v) is 39.3. The van der Waals surface area contributed by atoms with Crippen LogP contribution in [0.15, 0.2) is 120 Å². The number of fused-ring (bicyclic) bond motifs is 3. The SMILES string of the molecule is CN[C@@H](C)C(=O)N[C@H](C(=O)N1C[C@@H](N/C=C(/CCNC(=O)c2cc(C(=O)NCCc3cn([C@H]4C[C@@H](C(=O)N[C@@H]5CCCc6ccccc65)N(C(=O)[C@@H](NC(=O)[C@H](C)NC)C(C)(C)C)C4)nn3)cc(C(=O)NCCc3cn([C@H]4C[C@@H](C(=O)N[C@@H]5CCCc6ccccc65)N(C(=O)[C@@H](NC(=O)[C@H](C)NC)C(C)(C)C)C4)nn3)c2)N=N)C[C@H]1C(=O)N[C@@H]1CCCc2ccccc21)C(C)(C)C. The number of hydrogen-bond acceptors (Lipinski definition) is 22. The Morgan fingerprint density at radius 3 is 1.11 bits per heavy atom. The van der Waals surface area contributed by atoms with E-state index >= 15 is 9.59 Å². The van der Waals surface area contributed by atoms with E-state index < -0.39 is 124 Å². The third-order valence-corrected chi connectivity index (χ3v) is 26.6. The van der Waals surface area contributed by atoms with E-state index in [4.69, 9.17) is 5.53 Å². The van der Waals surface area contributed by atoms with E-state index in [1.807, 2.05) is 117 Å². The number of carbonyl (C=O) groups excluding carboxylic acids is 12. The highest BCUT2D eigenvalue weighted by molar-refractivity contribution is 6.05. The third kappa shape index (κ3) is 24.2. The molecule has 4 aromatic carbocycles. The maximum atomic E-state index is 15.0. The van der Waals surface area contributed by atoms with Gasteiger partial charge in [-0.1, -0.05) is 146 Å². The maximum Gasteiger partial charge on any atom is 0.251 e. The van der Waals surface area contributed by atoms with Gasteiger partial charge in [-0.2, -0.15) is 5.11 Å². The molecule has 3 fully saturated rings. The first-order chi connectivity index (χ1) is 62.8. The molecule has 3 aliphatic carbocycles. The first-order valence-electron chi connectivity index (χ1n) is 46.5. The van der Waals surface area contributed by atoms with E-state index in [1.165, 1.54) is 39.1 Å². The van der Waals surface area contributed by atoms with Crippen LogP contribution in [0.5, 0.6) is 0 Å². The van der Waals surface area contributed by atoms with Gasteiger partial charge in [0, 0.05) is 113 Å². The van der Waals surface area contributed by atoms with E-state index in [1.54, 1.807) is 63.7 Å². The summed E-state index contributed by atoms with van der Waals surface area (Å²) in [5.74, 6) is -5.45. The monoisotopic (exact) mass is 1820 g/mol. The Bertz CT molecular complexity index is 5020. The number of benzene rings is 4. The molecule has 12 amide bonds. The number of amides is 12. The van der Waals surface area contributed by atoms with Gasteiger partial charge in [0.25, 0.3) is 17.7 Å². The van der Waals surface area contributed by atoms with Gasteiger partial charge in [0.2, 0.25) is 53.2 Å². The highest BCUT2D eigenvalue weighted by Crippen LogP contribution is 2.39. The molecule has 6 aromatic rings. The Morgan fingerprint density at radius 2 is 0.780 bits per heavy atom. The van der Waals surface area contributed by atoms with E-state index in [-0.39, 0.29) is 154 Å². The summed E-state index contributed by atoms with van der Waals surface area (Å²) in [6.45, 7) is 21.8. The summed E-state index contributed by atoms with van der Waals surface area (Å²) in [7, 11) is 4.95. The van der Waals surface area contributed by atoms with Crippen LogP contribution >= 0.6 is 0 Å². The topological polar surface area (TPSA) is 469 Å². The van der Waals surface area contributed by atoms with Crippen molar-refractivity contribution in [2.24, 2.45) is 21.4 Å². The van der Waals surface area contributed by atoms with Gasteiger partial charge in [0.15, 0.2) is 0 Å². The maximum absolute atomic E-state index is 15.0. The van der Waals surface area contributed by atoms with Crippen molar-refractivity contribution in [2.75, 3.05) is 60.4 Å². The fraction of sp³-hybridized carbons (Fsp3) is 0.562. The van der Waals surface area contributed by atoms with Gasteiger partial charge in [0.05, 0.1) is 65.4 Å². The number of rotatable bonds is 35. The number of aromatic nitrogens is 6. The van der Waals surface area contributed by atoms with Crippen LogP contribution in [0.2, 0.25) is 0 Å². The molecular formula is C96H134N24O12. The first kappa shape index (κ1) is 98.8. The lowest BCUT2D eigenvalue weighted by Crippen LogP contribution is -2.59.